The molecule has 0 heterocycles. The molecule has 0 aliphatic heterocycles. The van der Waals surface area contributed by atoms with E-state index in [1.165, 1.54) is 0 Å². The van der Waals surface area contributed by atoms with E-state index in [9.17, 15) is 48.9 Å². The van der Waals surface area contributed by atoms with Crippen LogP contribution in [0.3, 0.4) is 0 Å². The van der Waals surface area contributed by atoms with E-state index in [2.05, 4.69) is 49.2 Å². The van der Waals surface area contributed by atoms with E-state index in [4.69, 9.17) is 0 Å². The maximum Gasteiger partial charge on any atom is 0.326 e. The molecule has 266 valence electrons. The van der Waals surface area contributed by atoms with Gasteiger partial charge in [-0.3, -0.25) is 19.2 Å². The fourth-order valence-corrected chi connectivity index (χ4v) is 5.04. The second kappa shape index (κ2) is 21.3. The molecule has 2 aromatic rings. The SMILES string of the molecule is CCC[C@H](NC(=O)N[C@@H](CCCCNC(=O)[C@H](Cc1ccccc1)NC(=O)[C@H](CCC(=O)O)NC(=O)c1ccc(I)cc1)C(=O)O)C(=O)O. The molecule has 5 amide bonds. The monoisotopic (exact) mass is 795 g/mol. The minimum atomic E-state index is -1.31. The highest BCUT2D eigenvalue weighted by Crippen LogP contribution is 2.10. The topological polar surface area (TPSA) is 240 Å². The molecule has 0 bridgehead atoms. The fraction of sp³-hybridized carbons (Fsp3) is 0.424. The van der Waals surface area contributed by atoms with Crippen LogP contribution in [-0.2, 0) is 30.4 Å². The largest absolute Gasteiger partial charge is 0.481 e. The minimum absolute atomic E-state index is 0.000160. The number of unbranched alkanes of at least 4 members (excludes halogenated alkanes) is 1. The maximum atomic E-state index is 13.4. The summed E-state index contributed by atoms with van der Waals surface area (Å²) in [6.45, 7) is 1.85. The van der Waals surface area contributed by atoms with Gasteiger partial charge in [0.05, 0.1) is 0 Å². The quantitative estimate of drug-likeness (QED) is 0.0678. The zero-order valence-electron chi connectivity index (χ0n) is 26.9. The Morgan fingerprint density at radius 3 is 1.86 bits per heavy atom. The maximum absolute atomic E-state index is 13.4. The van der Waals surface area contributed by atoms with Crippen LogP contribution < -0.4 is 26.6 Å². The van der Waals surface area contributed by atoms with Gasteiger partial charge in [0.1, 0.15) is 24.2 Å². The molecule has 0 saturated heterocycles. The van der Waals surface area contributed by atoms with Gasteiger partial charge in [0.25, 0.3) is 5.91 Å². The summed E-state index contributed by atoms with van der Waals surface area (Å²) in [6.07, 6.45) is 0.715. The van der Waals surface area contributed by atoms with Gasteiger partial charge in [-0.2, -0.15) is 0 Å². The van der Waals surface area contributed by atoms with Crippen LogP contribution in [0.4, 0.5) is 4.79 Å². The van der Waals surface area contributed by atoms with Crippen LogP contribution in [-0.4, -0.2) is 87.7 Å². The van der Waals surface area contributed by atoms with Gasteiger partial charge in [-0.1, -0.05) is 43.7 Å². The number of hydrogen-bond donors (Lipinski definition) is 8. The number of nitrogens with one attached hydrogen (secondary N) is 5. The van der Waals surface area contributed by atoms with Gasteiger partial charge in [0.15, 0.2) is 0 Å². The summed E-state index contributed by atoms with van der Waals surface area (Å²) in [5, 5.41) is 40.4. The van der Waals surface area contributed by atoms with Gasteiger partial charge < -0.3 is 41.9 Å². The molecule has 0 aliphatic carbocycles. The molecule has 4 atom stereocenters. The van der Waals surface area contributed by atoms with Crippen molar-refractivity contribution in [1.82, 2.24) is 26.6 Å². The average Bonchev–Trinajstić information content (AvgIpc) is 3.05. The third-order valence-electron chi connectivity index (χ3n) is 7.29. The first kappa shape index (κ1) is 40.4. The molecule has 2 aromatic carbocycles. The molecule has 0 unspecified atom stereocenters. The van der Waals surface area contributed by atoms with E-state index in [0.29, 0.717) is 12.8 Å². The van der Waals surface area contributed by atoms with Gasteiger partial charge in [-0.25, -0.2) is 14.4 Å². The summed E-state index contributed by atoms with van der Waals surface area (Å²) in [5.74, 6) is -5.58. The van der Waals surface area contributed by atoms with Crippen molar-refractivity contribution in [2.75, 3.05) is 6.54 Å². The van der Waals surface area contributed by atoms with Crippen molar-refractivity contribution in [3.63, 3.8) is 0 Å². The molecule has 16 heteroatoms. The summed E-state index contributed by atoms with van der Waals surface area (Å²) in [6, 6.07) is 9.70. The van der Waals surface area contributed by atoms with Crippen molar-refractivity contribution in [2.24, 2.45) is 0 Å². The molecule has 0 fully saturated rings. The number of rotatable bonds is 21. The predicted octanol–water partition coefficient (Wildman–Crippen LogP) is 2.27. The zero-order chi connectivity index (χ0) is 36.3. The molecule has 0 radical (unpaired) electrons. The minimum Gasteiger partial charge on any atom is -0.481 e. The Bertz CT molecular complexity index is 1440. The molecular weight excluding hydrogens is 753 g/mol. The summed E-state index contributed by atoms with van der Waals surface area (Å²) in [5.41, 5.74) is 1.000. The van der Waals surface area contributed by atoms with Gasteiger partial charge in [0, 0.05) is 28.5 Å². The predicted molar refractivity (Wildman–Crippen MR) is 186 cm³/mol. The Hall–Kier alpha value is -4.74. The third-order valence-corrected chi connectivity index (χ3v) is 8.01. The van der Waals surface area contributed by atoms with Crippen LogP contribution in [0.5, 0.6) is 0 Å². The van der Waals surface area contributed by atoms with Crippen molar-refractivity contribution in [3.8, 4) is 0 Å². The van der Waals surface area contributed by atoms with E-state index in [1.54, 1.807) is 61.5 Å². The molecule has 49 heavy (non-hydrogen) atoms. The number of aliphatic carboxylic acids is 3. The molecule has 2 rings (SSSR count). The van der Waals surface area contributed by atoms with Crippen molar-refractivity contribution in [2.45, 2.75) is 82.5 Å². The number of benzene rings is 2. The Balaban J connectivity index is 2.03. The molecule has 0 aliphatic rings. The average molecular weight is 796 g/mol. The Morgan fingerprint density at radius 1 is 0.673 bits per heavy atom. The van der Waals surface area contributed by atoms with Crippen LogP contribution in [0.1, 0.15) is 67.8 Å². The number of hydrogen-bond acceptors (Lipinski definition) is 7. The summed E-state index contributed by atoms with van der Waals surface area (Å²) >= 11 is 2.08. The number of carbonyl (C=O) groups is 7. The summed E-state index contributed by atoms with van der Waals surface area (Å²) < 4.78 is 0.892. The van der Waals surface area contributed by atoms with E-state index in [-0.39, 0.29) is 44.2 Å². The first-order chi connectivity index (χ1) is 23.3. The van der Waals surface area contributed by atoms with Crippen molar-refractivity contribution in [1.29, 1.82) is 0 Å². The number of amides is 5. The van der Waals surface area contributed by atoms with Crippen molar-refractivity contribution in [3.05, 3.63) is 69.3 Å². The Morgan fingerprint density at radius 2 is 1.29 bits per heavy atom. The molecule has 8 N–H and O–H groups in total. The van der Waals surface area contributed by atoms with Crippen molar-refractivity contribution < 1.29 is 48.9 Å². The highest BCUT2D eigenvalue weighted by atomic mass is 127. The van der Waals surface area contributed by atoms with E-state index >= 15 is 0 Å². The van der Waals surface area contributed by atoms with Gasteiger partial charge in [-0.05, 0) is 84.5 Å². The second-order valence-electron chi connectivity index (χ2n) is 11.2. The molecule has 0 aromatic heterocycles. The fourth-order valence-electron chi connectivity index (χ4n) is 4.68. The van der Waals surface area contributed by atoms with Crippen LogP contribution >= 0.6 is 22.6 Å². The summed E-state index contributed by atoms with van der Waals surface area (Å²) in [4.78, 5) is 86.1. The van der Waals surface area contributed by atoms with E-state index in [0.717, 1.165) is 9.13 Å². The van der Waals surface area contributed by atoms with Crippen LogP contribution in [0.15, 0.2) is 54.6 Å². The van der Waals surface area contributed by atoms with E-state index < -0.39 is 72.2 Å². The van der Waals surface area contributed by atoms with Crippen LogP contribution in [0.25, 0.3) is 0 Å². The van der Waals surface area contributed by atoms with Gasteiger partial charge in [0.2, 0.25) is 11.8 Å². The third kappa shape index (κ3) is 15.4. The normalized spacial score (nSPS) is 13.1. The summed E-state index contributed by atoms with van der Waals surface area (Å²) in [7, 11) is 0. The lowest BCUT2D eigenvalue weighted by atomic mass is 10.0. The first-order valence-electron chi connectivity index (χ1n) is 15.7. The van der Waals surface area contributed by atoms with Crippen LogP contribution in [0.2, 0.25) is 0 Å². The lowest BCUT2D eigenvalue weighted by Crippen LogP contribution is -2.54. The van der Waals surface area contributed by atoms with Crippen LogP contribution in [0, 0.1) is 3.57 Å². The first-order valence-corrected chi connectivity index (χ1v) is 16.8. The molecule has 15 nitrogen and oxygen atoms in total. The number of carbonyl (C=O) groups excluding carboxylic acids is 4. The molecule has 0 saturated carbocycles. The lowest BCUT2D eigenvalue weighted by Gasteiger charge is -2.23. The molecule has 0 spiro atoms. The number of halogens is 1. The number of carboxylic acid groups (broad SMARTS) is 3. The lowest BCUT2D eigenvalue weighted by molar-refractivity contribution is -0.139. The van der Waals surface area contributed by atoms with Crippen molar-refractivity contribution >= 4 is 64.3 Å². The number of carboxylic acids is 3. The highest BCUT2D eigenvalue weighted by Gasteiger charge is 2.28. The zero-order valence-corrected chi connectivity index (χ0v) is 29.1. The van der Waals surface area contributed by atoms with E-state index in [1.807, 2.05) is 0 Å². The number of urea groups is 1. The Kier molecular flexibility index (Phi) is 17.6. The van der Waals surface area contributed by atoms with Gasteiger partial charge >= 0.3 is 23.9 Å². The second-order valence-corrected chi connectivity index (χ2v) is 12.4. The smallest absolute Gasteiger partial charge is 0.326 e. The molecular formula is C33H42IN5O10. The van der Waals surface area contributed by atoms with Gasteiger partial charge in [-0.15, -0.1) is 0 Å². The highest BCUT2D eigenvalue weighted by molar-refractivity contribution is 14.1. The standard InChI is InChI=1S/C33H42IN5O10/c1-2-8-24(31(45)46)38-33(49)39-25(32(47)48)11-6-7-18-35-29(43)26(19-20-9-4-3-5-10-20)37-30(44)23(16-17-27(40)41)36-28(42)21-12-14-22(34)15-13-21/h3-5,9-10,12-15,23-26H,2,6-8,11,16-19H2,1H3,(H,35,43)(H,36,42)(H,37,44)(H,40,41)(H,45,46)(H,47,48)(H2,38,39,49)/t23-,24-,25-,26-/m0/s1. The Labute approximate surface area is 297 Å².